The molecule has 0 radical (unpaired) electrons. The first-order valence-corrected chi connectivity index (χ1v) is 1.35. The summed E-state index contributed by atoms with van der Waals surface area (Å²) in [7, 11) is 0. The van der Waals surface area contributed by atoms with Gasteiger partial charge in [-0.05, 0) is 10.4 Å². The van der Waals surface area contributed by atoms with Crippen LogP contribution in [0.4, 0.5) is 0 Å². The van der Waals surface area contributed by atoms with Crippen LogP contribution in [-0.2, 0) is 0 Å². The summed E-state index contributed by atoms with van der Waals surface area (Å²) < 4.78 is 0. The Morgan fingerprint density at radius 3 is 1.86 bits per heavy atom. The van der Waals surface area contributed by atoms with Crippen molar-refractivity contribution in [3.8, 4) is 0 Å². The first kappa shape index (κ1) is 5.83. The monoisotopic (exact) mass is 104 g/mol. The highest BCUT2D eigenvalue weighted by Crippen LogP contribution is 1.30. The predicted molar refractivity (Wildman–Crippen MR) is 20.6 cm³/mol. The van der Waals surface area contributed by atoms with Gasteiger partial charge in [0.25, 0.3) is 0 Å². The average Bonchev–Trinajstić information content (AvgIpc) is 1.86. The lowest BCUT2D eigenvalue weighted by Crippen LogP contribution is -2.00. The van der Waals surface area contributed by atoms with E-state index in [0.29, 0.717) is 0 Å². The van der Waals surface area contributed by atoms with Gasteiger partial charge in [0, 0.05) is 0 Å². The molecule has 0 spiro atoms. The maximum atomic E-state index is 9.83. The molecule has 0 unspecified atom stereocenters. The number of H-pyrrole nitrogens is 2. The van der Waals surface area contributed by atoms with E-state index in [-0.39, 0.29) is 11.2 Å². The van der Waals surface area contributed by atoms with Crippen molar-refractivity contribution in [3.05, 3.63) is 10.5 Å². The number of nitrogens with zero attached hydrogens (tertiary/aromatic N) is 2. The average molecular weight is 104 g/mol. The molecule has 0 saturated heterocycles. The van der Waals surface area contributed by atoms with Gasteiger partial charge in [-0.15, -0.1) is 0 Å². The summed E-state index contributed by atoms with van der Waals surface area (Å²) in [5, 5.41) is 10.2. The number of aromatic amines is 2. The van der Waals surface area contributed by atoms with Crippen LogP contribution in [0.25, 0.3) is 0 Å². The lowest BCUT2D eigenvalue weighted by Gasteiger charge is -1.46. The Balaban J connectivity index is 0.000000360. The molecule has 0 saturated carbocycles. The second-order valence-corrected chi connectivity index (χ2v) is 0.753. The quantitative estimate of drug-likeness (QED) is 0.385. The van der Waals surface area contributed by atoms with Crippen molar-refractivity contribution < 1.29 is 5.48 Å². The summed E-state index contributed by atoms with van der Waals surface area (Å²) in [6, 6.07) is 0. The van der Waals surface area contributed by atoms with E-state index in [9.17, 15) is 4.79 Å². The van der Waals surface area contributed by atoms with Gasteiger partial charge in [0.05, 0.1) is 0 Å². The van der Waals surface area contributed by atoms with E-state index >= 15 is 0 Å². The largest absolute Gasteiger partial charge is 0.412 e. The molecule has 40 valence electrons. The van der Waals surface area contributed by atoms with Crippen LogP contribution in [-0.4, -0.2) is 26.1 Å². The van der Waals surface area contributed by atoms with Crippen molar-refractivity contribution in [2.24, 2.45) is 0 Å². The second kappa shape index (κ2) is 2.08. The highest BCUT2D eigenvalue weighted by atomic mass is 16.2. The summed E-state index contributed by atoms with van der Waals surface area (Å²) >= 11 is 0. The van der Waals surface area contributed by atoms with Crippen LogP contribution < -0.4 is 5.69 Å². The minimum absolute atomic E-state index is 0. The molecule has 0 aliphatic heterocycles. The Kier molecular flexibility index (Phi) is 1.74. The smallest absolute Gasteiger partial charge is 0.358 e. The SMILES string of the molecule is O.O=c1[nH]nn[nH]1. The fourth-order valence-corrected chi connectivity index (χ4v) is 0.166. The Labute approximate surface area is 37.8 Å². The van der Waals surface area contributed by atoms with Crippen LogP contribution in [0, 0.1) is 0 Å². The summed E-state index contributed by atoms with van der Waals surface area (Å²) in [6.07, 6.45) is 0. The molecule has 0 aliphatic rings. The van der Waals surface area contributed by atoms with Crippen LogP contribution in [0.5, 0.6) is 0 Å². The van der Waals surface area contributed by atoms with Crippen molar-refractivity contribution in [1.29, 1.82) is 0 Å². The molecule has 0 bridgehead atoms. The van der Waals surface area contributed by atoms with Crippen LogP contribution in [0.3, 0.4) is 0 Å². The predicted octanol–water partition coefficient (Wildman–Crippen LogP) is -2.33. The van der Waals surface area contributed by atoms with Gasteiger partial charge in [-0.3, -0.25) is 0 Å². The molecule has 7 heavy (non-hydrogen) atoms. The van der Waals surface area contributed by atoms with Gasteiger partial charge in [-0.2, -0.15) is 0 Å². The molecule has 6 heteroatoms. The molecule has 1 heterocycles. The molecule has 0 aromatic carbocycles. The molecular weight excluding hydrogens is 100 g/mol. The number of hydrogen-bond donors (Lipinski definition) is 2. The highest BCUT2D eigenvalue weighted by Gasteiger charge is 1.72. The number of tetrazole rings is 1. The standard InChI is InChI=1S/CH2N4O.H2O/c6-1-2-4-5-3-1;/h(H2,2,3,4,5,6);1H2. The van der Waals surface area contributed by atoms with Crippen LogP contribution in [0.15, 0.2) is 4.79 Å². The maximum Gasteiger partial charge on any atom is 0.358 e. The summed E-state index contributed by atoms with van der Waals surface area (Å²) in [5.74, 6) is 0. The number of hydrogen-bond acceptors (Lipinski definition) is 3. The summed E-state index contributed by atoms with van der Waals surface area (Å²) in [4.78, 5) is 9.83. The molecule has 6 nitrogen and oxygen atoms in total. The minimum Gasteiger partial charge on any atom is -0.412 e. The highest BCUT2D eigenvalue weighted by molar-refractivity contribution is 4.36. The van der Waals surface area contributed by atoms with Gasteiger partial charge in [0.15, 0.2) is 0 Å². The van der Waals surface area contributed by atoms with E-state index < -0.39 is 0 Å². The third-order valence-electron chi connectivity index (χ3n) is 0.353. The Hall–Kier alpha value is -1.17. The van der Waals surface area contributed by atoms with Crippen molar-refractivity contribution in [2.45, 2.75) is 0 Å². The van der Waals surface area contributed by atoms with Crippen molar-refractivity contribution >= 4 is 0 Å². The Morgan fingerprint density at radius 2 is 1.71 bits per heavy atom. The lowest BCUT2D eigenvalue weighted by atomic mass is 11.4. The van der Waals surface area contributed by atoms with Gasteiger partial charge in [0.2, 0.25) is 0 Å². The van der Waals surface area contributed by atoms with Crippen LogP contribution in [0.2, 0.25) is 0 Å². The van der Waals surface area contributed by atoms with Crippen molar-refractivity contribution in [1.82, 2.24) is 20.6 Å². The lowest BCUT2D eigenvalue weighted by molar-refractivity contribution is 0.824. The summed E-state index contributed by atoms with van der Waals surface area (Å²) in [5.41, 5.74) is -0.380. The number of aromatic nitrogens is 4. The van der Waals surface area contributed by atoms with Crippen LogP contribution in [0.1, 0.15) is 0 Å². The van der Waals surface area contributed by atoms with Gasteiger partial charge in [-0.1, -0.05) is 0 Å². The fraction of sp³-hybridized carbons (Fsp3) is 0. The number of rotatable bonds is 0. The molecule has 1 rings (SSSR count). The second-order valence-electron chi connectivity index (χ2n) is 0.753. The molecule has 0 amide bonds. The molecule has 4 N–H and O–H groups in total. The van der Waals surface area contributed by atoms with Crippen molar-refractivity contribution in [2.75, 3.05) is 0 Å². The van der Waals surface area contributed by atoms with E-state index in [1.807, 2.05) is 10.2 Å². The van der Waals surface area contributed by atoms with E-state index in [0.717, 1.165) is 0 Å². The summed E-state index contributed by atoms with van der Waals surface area (Å²) in [6.45, 7) is 0. The third kappa shape index (κ3) is 1.14. The minimum atomic E-state index is -0.380. The molecular formula is CH4N4O2. The molecule has 1 aromatic rings. The zero-order chi connectivity index (χ0) is 4.41. The Morgan fingerprint density at radius 1 is 1.29 bits per heavy atom. The van der Waals surface area contributed by atoms with Crippen molar-refractivity contribution in [3.63, 3.8) is 0 Å². The normalized spacial score (nSPS) is 7.43. The zero-order valence-electron chi connectivity index (χ0n) is 3.30. The maximum absolute atomic E-state index is 9.83. The molecule has 1 aromatic heterocycles. The van der Waals surface area contributed by atoms with Gasteiger partial charge < -0.3 is 5.48 Å². The van der Waals surface area contributed by atoms with E-state index in [1.54, 1.807) is 0 Å². The topological polar surface area (TPSA) is 106 Å². The van der Waals surface area contributed by atoms with Gasteiger partial charge >= 0.3 is 5.69 Å². The molecule has 0 aliphatic carbocycles. The Bertz CT molecular complexity index is 147. The van der Waals surface area contributed by atoms with E-state index in [4.69, 9.17) is 0 Å². The van der Waals surface area contributed by atoms with Gasteiger partial charge in [-0.25, -0.2) is 15.0 Å². The first-order valence-electron chi connectivity index (χ1n) is 1.35. The van der Waals surface area contributed by atoms with E-state index in [2.05, 4.69) is 10.4 Å². The zero-order valence-corrected chi connectivity index (χ0v) is 3.30. The number of nitrogens with one attached hydrogen (secondary N) is 2. The van der Waals surface area contributed by atoms with E-state index in [1.165, 1.54) is 0 Å². The molecule has 0 atom stereocenters. The fourth-order valence-electron chi connectivity index (χ4n) is 0.166. The first-order chi connectivity index (χ1) is 2.89. The third-order valence-corrected chi connectivity index (χ3v) is 0.353. The molecule has 0 fully saturated rings. The van der Waals surface area contributed by atoms with Crippen LogP contribution >= 0.6 is 0 Å². The van der Waals surface area contributed by atoms with Gasteiger partial charge in [0.1, 0.15) is 0 Å².